The first-order chi connectivity index (χ1) is 13.2. The maximum atomic E-state index is 13.0. The summed E-state index contributed by atoms with van der Waals surface area (Å²) in [6.07, 6.45) is 3.24. The highest BCUT2D eigenvalue weighted by Gasteiger charge is 2.18. The Labute approximate surface area is 162 Å². The minimum atomic E-state index is -0.193. The molecule has 0 unspecified atom stereocenters. The Kier molecular flexibility index (Phi) is 4.75. The number of nitrogens with one attached hydrogen (secondary N) is 1. The van der Waals surface area contributed by atoms with E-state index < -0.39 is 0 Å². The van der Waals surface area contributed by atoms with Gasteiger partial charge < -0.3 is 4.74 Å². The monoisotopic (exact) mass is 424 g/mol. The summed E-state index contributed by atoms with van der Waals surface area (Å²) in [5, 5.41) is 17.8. The fourth-order valence-electron chi connectivity index (χ4n) is 2.51. The molecule has 1 N–H and O–H groups in total. The molecule has 134 valence electrons. The van der Waals surface area contributed by atoms with E-state index in [1.165, 1.54) is 0 Å². The SMILES string of the molecule is O=C(c1cnn(-c2ccccc2)c1)c1cc(Br)ccc1OCc1nn[nH]n1. The van der Waals surface area contributed by atoms with Crippen LogP contribution in [0, 0.1) is 0 Å². The van der Waals surface area contributed by atoms with Crippen molar-refractivity contribution in [2.75, 3.05) is 0 Å². The van der Waals surface area contributed by atoms with Crippen LogP contribution in [0.1, 0.15) is 21.7 Å². The number of rotatable bonds is 6. The Hall–Kier alpha value is -3.33. The van der Waals surface area contributed by atoms with Crippen LogP contribution in [0.3, 0.4) is 0 Å². The fraction of sp³-hybridized carbons (Fsp3) is 0.0556. The Morgan fingerprint density at radius 1 is 1.19 bits per heavy atom. The number of carbonyl (C=O) groups is 1. The number of halogens is 1. The molecule has 0 fully saturated rings. The number of ketones is 1. The van der Waals surface area contributed by atoms with Gasteiger partial charge in [0.2, 0.25) is 5.82 Å². The maximum Gasteiger partial charge on any atom is 0.211 e. The number of aromatic nitrogens is 6. The van der Waals surface area contributed by atoms with E-state index in [4.69, 9.17) is 4.74 Å². The minimum Gasteiger partial charge on any atom is -0.485 e. The van der Waals surface area contributed by atoms with Gasteiger partial charge in [-0.25, -0.2) is 4.68 Å². The first-order valence-electron chi connectivity index (χ1n) is 8.00. The third-order valence-corrected chi connectivity index (χ3v) is 4.29. The summed E-state index contributed by atoms with van der Waals surface area (Å²) in [7, 11) is 0. The number of tetrazole rings is 1. The number of aromatic amines is 1. The quantitative estimate of drug-likeness (QED) is 0.477. The van der Waals surface area contributed by atoms with Crippen LogP contribution in [0.5, 0.6) is 5.75 Å². The molecule has 2 aromatic carbocycles. The van der Waals surface area contributed by atoms with Crippen molar-refractivity contribution < 1.29 is 9.53 Å². The zero-order valence-corrected chi connectivity index (χ0v) is 15.5. The molecule has 4 aromatic rings. The van der Waals surface area contributed by atoms with Gasteiger partial charge >= 0.3 is 0 Å². The Balaban J connectivity index is 1.61. The van der Waals surface area contributed by atoms with Gasteiger partial charge in [0.15, 0.2) is 12.4 Å². The molecule has 0 saturated carbocycles. The van der Waals surface area contributed by atoms with E-state index in [0.717, 1.165) is 10.2 Å². The number of carbonyl (C=O) groups excluding carboxylic acids is 1. The normalized spacial score (nSPS) is 10.7. The molecule has 0 amide bonds. The van der Waals surface area contributed by atoms with Gasteiger partial charge in [-0.05, 0) is 30.3 Å². The highest BCUT2D eigenvalue weighted by Crippen LogP contribution is 2.26. The van der Waals surface area contributed by atoms with Gasteiger partial charge in [-0.2, -0.15) is 10.3 Å². The molecule has 0 atom stereocenters. The first-order valence-corrected chi connectivity index (χ1v) is 8.79. The predicted octanol–water partition coefficient (Wildman–Crippen LogP) is 2.96. The van der Waals surface area contributed by atoms with Crippen molar-refractivity contribution in [2.45, 2.75) is 6.61 Å². The largest absolute Gasteiger partial charge is 0.485 e. The second-order valence-corrected chi connectivity index (χ2v) is 6.51. The van der Waals surface area contributed by atoms with Crippen LogP contribution in [0.15, 0.2) is 65.4 Å². The molecule has 0 aliphatic carbocycles. The summed E-state index contributed by atoms with van der Waals surface area (Å²) in [6, 6.07) is 14.8. The number of nitrogens with zero attached hydrogens (tertiary/aromatic N) is 5. The lowest BCUT2D eigenvalue weighted by atomic mass is 10.1. The Bertz CT molecular complexity index is 1060. The van der Waals surface area contributed by atoms with Crippen LogP contribution in [0.25, 0.3) is 5.69 Å². The van der Waals surface area contributed by atoms with E-state index in [2.05, 4.69) is 41.7 Å². The molecule has 8 nitrogen and oxygen atoms in total. The zero-order chi connectivity index (χ0) is 18.6. The van der Waals surface area contributed by atoms with Crippen LogP contribution in [0.4, 0.5) is 0 Å². The third kappa shape index (κ3) is 3.77. The van der Waals surface area contributed by atoms with Crippen LogP contribution in [0.2, 0.25) is 0 Å². The van der Waals surface area contributed by atoms with Crippen molar-refractivity contribution in [3.8, 4) is 11.4 Å². The van der Waals surface area contributed by atoms with Crippen molar-refractivity contribution in [1.82, 2.24) is 30.4 Å². The predicted molar refractivity (Wildman–Crippen MR) is 99.6 cm³/mol. The second kappa shape index (κ2) is 7.50. The van der Waals surface area contributed by atoms with E-state index in [-0.39, 0.29) is 12.4 Å². The van der Waals surface area contributed by atoms with Gasteiger partial charge in [-0.1, -0.05) is 39.3 Å². The summed E-state index contributed by atoms with van der Waals surface area (Å²) in [6.45, 7) is 0.0989. The number of hydrogen-bond donors (Lipinski definition) is 1. The number of hydrogen-bond acceptors (Lipinski definition) is 6. The van der Waals surface area contributed by atoms with Crippen molar-refractivity contribution >= 4 is 21.7 Å². The number of para-hydroxylation sites is 1. The minimum absolute atomic E-state index is 0.0989. The Morgan fingerprint density at radius 2 is 2.04 bits per heavy atom. The molecule has 0 aliphatic rings. The molecule has 27 heavy (non-hydrogen) atoms. The van der Waals surface area contributed by atoms with Gasteiger partial charge in [0, 0.05) is 10.7 Å². The van der Waals surface area contributed by atoms with Gasteiger partial charge in [0.05, 0.1) is 23.0 Å². The molecule has 0 radical (unpaired) electrons. The van der Waals surface area contributed by atoms with E-state index >= 15 is 0 Å². The summed E-state index contributed by atoms with van der Waals surface area (Å²) >= 11 is 3.40. The van der Waals surface area contributed by atoms with Gasteiger partial charge in [-0.15, -0.1) is 10.2 Å². The van der Waals surface area contributed by atoms with Crippen LogP contribution >= 0.6 is 15.9 Å². The molecule has 2 heterocycles. The summed E-state index contributed by atoms with van der Waals surface area (Å²) in [5.74, 6) is 0.635. The lowest BCUT2D eigenvalue weighted by molar-refractivity contribution is 0.103. The topological polar surface area (TPSA) is 98.6 Å². The molecule has 4 rings (SSSR count). The van der Waals surface area contributed by atoms with E-state index in [1.807, 2.05) is 30.3 Å². The van der Waals surface area contributed by atoms with Gasteiger partial charge in [-0.3, -0.25) is 4.79 Å². The highest BCUT2D eigenvalue weighted by atomic mass is 79.9. The molecule has 2 aromatic heterocycles. The van der Waals surface area contributed by atoms with E-state index in [0.29, 0.717) is 22.7 Å². The van der Waals surface area contributed by atoms with Crippen LogP contribution in [-0.2, 0) is 6.61 Å². The molecular weight excluding hydrogens is 412 g/mol. The lowest BCUT2D eigenvalue weighted by Crippen LogP contribution is -2.06. The first kappa shape index (κ1) is 17.1. The molecule has 0 aliphatic heterocycles. The highest BCUT2D eigenvalue weighted by molar-refractivity contribution is 9.10. The van der Waals surface area contributed by atoms with E-state index in [9.17, 15) is 4.79 Å². The molecular formula is C18H13BrN6O2. The van der Waals surface area contributed by atoms with Gasteiger partial charge in [0.1, 0.15) is 5.75 Å². The number of H-pyrrole nitrogens is 1. The summed E-state index contributed by atoms with van der Waals surface area (Å²) in [5.41, 5.74) is 1.75. The fourth-order valence-corrected chi connectivity index (χ4v) is 2.87. The van der Waals surface area contributed by atoms with Crippen LogP contribution < -0.4 is 4.74 Å². The molecule has 9 heteroatoms. The van der Waals surface area contributed by atoms with Gasteiger partial charge in [0.25, 0.3) is 0 Å². The van der Waals surface area contributed by atoms with Crippen molar-refractivity contribution in [1.29, 1.82) is 0 Å². The molecule has 0 spiro atoms. The van der Waals surface area contributed by atoms with E-state index in [1.54, 1.807) is 35.3 Å². The maximum absolute atomic E-state index is 13.0. The summed E-state index contributed by atoms with van der Waals surface area (Å²) in [4.78, 5) is 13.0. The average molecular weight is 425 g/mol. The lowest BCUT2D eigenvalue weighted by Gasteiger charge is -2.09. The third-order valence-electron chi connectivity index (χ3n) is 3.80. The second-order valence-electron chi connectivity index (χ2n) is 5.60. The smallest absolute Gasteiger partial charge is 0.211 e. The number of ether oxygens (including phenoxy) is 1. The summed E-state index contributed by atoms with van der Waals surface area (Å²) < 4.78 is 8.15. The zero-order valence-electron chi connectivity index (χ0n) is 13.9. The number of benzene rings is 2. The van der Waals surface area contributed by atoms with Crippen molar-refractivity contribution in [2.24, 2.45) is 0 Å². The molecule has 0 bridgehead atoms. The van der Waals surface area contributed by atoms with Crippen molar-refractivity contribution in [3.63, 3.8) is 0 Å². The average Bonchev–Trinajstić information content (AvgIpc) is 3.39. The van der Waals surface area contributed by atoms with Crippen molar-refractivity contribution in [3.05, 3.63) is 82.3 Å². The standard InChI is InChI=1S/C18H13BrN6O2/c19-13-6-7-16(27-11-17-21-23-24-22-17)15(8-13)18(26)12-9-20-25(10-12)14-4-2-1-3-5-14/h1-10H,11H2,(H,21,22,23,24). The Morgan fingerprint density at radius 3 is 2.81 bits per heavy atom. The van der Waals surface area contributed by atoms with Crippen LogP contribution in [-0.4, -0.2) is 36.2 Å². The molecule has 0 saturated heterocycles.